The largest absolute Gasteiger partial charge is 0.279 e. The van der Waals surface area contributed by atoms with Crippen molar-refractivity contribution >= 4 is 11.8 Å². The Hall–Kier alpha value is -1.64. The van der Waals surface area contributed by atoms with Crippen LogP contribution in [0.5, 0.6) is 0 Å². The Kier molecular flexibility index (Phi) is 5.97. The number of carbonyl (C=O) groups excluding carboxylic acids is 2. The number of carbonyl (C=O) groups is 2. The molecule has 2 rings (SSSR count). The molecule has 0 radical (unpaired) electrons. The summed E-state index contributed by atoms with van der Waals surface area (Å²) >= 11 is 0. The number of hydrogen-bond donors (Lipinski definition) is 0. The highest BCUT2D eigenvalue weighted by Crippen LogP contribution is 2.38. The molecule has 0 unspecified atom stereocenters. The van der Waals surface area contributed by atoms with Gasteiger partial charge in [-0.05, 0) is 30.7 Å². The molecule has 1 aromatic carbocycles. The van der Waals surface area contributed by atoms with E-state index < -0.39 is 0 Å². The molecule has 23 heavy (non-hydrogen) atoms. The van der Waals surface area contributed by atoms with Crippen LogP contribution in [-0.2, 0) is 16.0 Å². The highest BCUT2D eigenvalue weighted by molar-refractivity contribution is 5.98. The Bertz CT molecular complexity index is 520. The predicted molar refractivity (Wildman–Crippen MR) is 92.9 cm³/mol. The van der Waals surface area contributed by atoms with E-state index in [1.54, 1.807) is 0 Å². The molecule has 2 amide bonds. The summed E-state index contributed by atoms with van der Waals surface area (Å²) in [4.78, 5) is 26.7. The second-order valence-corrected chi connectivity index (χ2v) is 7.32. The van der Waals surface area contributed by atoms with Crippen LogP contribution in [0.4, 0.5) is 0 Å². The van der Waals surface area contributed by atoms with E-state index in [0.717, 1.165) is 31.2 Å². The third-order valence-corrected chi connectivity index (χ3v) is 4.89. The topological polar surface area (TPSA) is 37.4 Å². The lowest BCUT2D eigenvalue weighted by Crippen LogP contribution is -2.51. The summed E-state index contributed by atoms with van der Waals surface area (Å²) in [5, 5.41) is 0. The second kappa shape index (κ2) is 7.76. The quantitative estimate of drug-likeness (QED) is 0.554. The first-order valence-electron chi connectivity index (χ1n) is 8.84. The molecule has 3 heteroatoms. The minimum absolute atomic E-state index is 0.00341. The number of imide groups is 1. The van der Waals surface area contributed by atoms with E-state index in [2.05, 4.69) is 13.8 Å². The SMILES string of the molecule is CCCCCC1(C)CC(=O)N([C@H](C)Cc2ccccc2)C(=O)C1. The van der Waals surface area contributed by atoms with Crippen molar-refractivity contribution in [2.24, 2.45) is 5.41 Å². The minimum atomic E-state index is -0.147. The number of unbranched alkanes of at least 4 members (excludes halogenated alkanes) is 2. The summed E-state index contributed by atoms with van der Waals surface area (Å²) in [6.45, 7) is 6.24. The molecule has 0 N–H and O–H groups in total. The standard InChI is InChI=1S/C20H29NO2/c1-4-5-9-12-20(3)14-18(22)21(19(23)15-20)16(2)13-17-10-7-6-8-11-17/h6-8,10-11,16H,4-5,9,12-15H2,1-3H3/t16-/m1/s1. The van der Waals surface area contributed by atoms with Crippen LogP contribution < -0.4 is 0 Å². The van der Waals surface area contributed by atoms with Crippen molar-refractivity contribution in [3.05, 3.63) is 35.9 Å². The van der Waals surface area contributed by atoms with Gasteiger partial charge in [0.1, 0.15) is 0 Å². The number of nitrogens with zero attached hydrogens (tertiary/aromatic N) is 1. The summed E-state index contributed by atoms with van der Waals surface area (Å²) in [6.07, 6.45) is 6.14. The van der Waals surface area contributed by atoms with Crippen molar-refractivity contribution in [1.29, 1.82) is 0 Å². The summed E-state index contributed by atoms with van der Waals surface area (Å²) in [6, 6.07) is 9.98. The molecule has 0 spiro atoms. The number of likely N-dealkylation sites (tertiary alicyclic amines) is 1. The third kappa shape index (κ3) is 4.66. The van der Waals surface area contributed by atoms with Gasteiger partial charge < -0.3 is 0 Å². The molecule has 0 bridgehead atoms. The molecule has 0 saturated carbocycles. The maximum absolute atomic E-state index is 12.6. The molecule has 3 nitrogen and oxygen atoms in total. The van der Waals surface area contributed by atoms with Crippen molar-refractivity contribution in [3.63, 3.8) is 0 Å². The molecule has 1 heterocycles. The fraction of sp³-hybridized carbons (Fsp3) is 0.600. The number of rotatable bonds is 7. The number of piperidine rings is 1. The van der Waals surface area contributed by atoms with Gasteiger partial charge in [0.25, 0.3) is 0 Å². The summed E-state index contributed by atoms with van der Waals surface area (Å²) in [7, 11) is 0. The fourth-order valence-corrected chi connectivity index (χ4v) is 3.62. The van der Waals surface area contributed by atoms with E-state index in [1.807, 2.05) is 37.3 Å². The van der Waals surface area contributed by atoms with Crippen LogP contribution in [0.25, 0.3) is 0 Å². The highest BCUT2D eigenvalue weighted by atomic mass is 16.2. The second-order valence-electron chi connectivity index (χ2n) is 7.32. The summed E-state index contributed by atoms with van der Waals surface area (Å²) < 4.78 is 0. The van der Waals surface area contributed by atoms with Gasteiger partial charge in [0.15, 0.2) is 0 Å². The number of benzene rings is 1. The van der Waals surface area contributed by atoms with Crippen LogP contribution in [0.15, 0.2) is 30.3 Å². The van der Waals surface area contributed by atoms with E-state index >= 15 is 0 Å². The van der Waals surface area contributed by atoms with Gasteiger partial charge in [-0.3, -0.25) is 14.5 Å². The van der Waals surface area contributed by atoms with Gasteiger partial charge in [0.05, 0.1) is 0 Å². The molecular formula is C20H29NO2. The smallest absolute Gasteiger partial charge is 0.229 e. The van der Waals surface area contributed by atoms with E-state index in [4.69, 9.17) is 0 Å². The Morgan fingerprint density at radius 2 is 1.70 bits per heavy atom. The van der Waals surface area contributed by atoms with Crippen LogP contribution in [0, 0.1) is 5.41 Å². The Morgan fingerprint density at radius 3 is 2.26 bits per heavy atom. The van der Waals surface area contributed by atoms with Gasteiger partial charge in [-0.2, -0.15) is 0 Å². The molecule has 1 atom stereocenters. The number of hydrogen-bond acceptors (Lipinski definition) is 2. The molecule has 1 aliphatic heterocycles. The lowest BCUT2D eigenvalue weighted by molar-refractivity contribution is -0.155. The third-order valence-electron chi connectivity index (χ3n) is 4.89. The van der Waals surface area contributed by atoms with Crippen LogP contribution in [0.1, 0.15) is 64.9 Å². The summed E-state index contributed by atoms with van der Waals surface area (Å²) in [5.74, 6) is 0.00681. The zero-order valence-electron chi connectivity index (χ0n) is 14.7. The monoisotopic (exact) mass is 315 g/mol. The predicted octanol–water partition coefficient (Wildman–Crippen LogP) is 4.35. The first-order valence-corrected chi connectivity index (χ1v) is 8.84. The van der Waals surface area contributed by atoms with Crippen molar-refractivity contribution in [3.8, 4) is 0 Å². The maximum atomic E-state index is 12.6. The van der Waals surface area contributed by atoms with Crippen molar-refractivity contribution in [1.82, 2.24) is 4.90 Å². The lowest BCUT2D eigenvalue weighted by Gasteiger charge is -2.40. The van der Waals surface area contributed by atoms with Gasteiger partial charge in [-0.15, -0.1) is 0 Å². The van der Waals surface area contributed by atoms with Crippen LogP contribution in [0.2, 0.25) is 0 Å². The number of amides is 2. The molecule has 1 aliphatic rings. The average Bonchev–Trinajstić information content (AvgIpc) is 2.47. The van der Waals surface area contributed by atoms with Gasteiger partial charge in [-0.25, -0.2) is 0 Å². The van der Waals surface area contributed by atoms with E-state index in [0.29, 0.717) is 12.8 Å². The van der Waals surface area contributed by atoms with Gasteiger partial charge in [0.2, 0.25) is 11.8 Å². The molecule has 1 fully saturated rings. The van der Waals surface area contributed by atoms with Crippen molar-refractivity contribution < 1.29 is 9.59 Å². The van der Waals surface area contributed by atoms with Gasteiger partial charge in [0, 0.05) is 18.9 Å². The van der Waals surface area contributed by atoms with Crippen LogP contribution in [0.3, 0.4) is 0 Å². The molecule has 1 aromatic rings. The zero-order valence-corrected chi connectivity index (χ0v) is 14.7. The maximum Gasteiger partial charge on any atom is 0.229 e. The first-order chi connectivity index (χ1) is 10.9. The van der Waals surface area contributed by atoms with Crippen molar-refractivity contribution in [2.75, 3.05) is 0 Å². The molecule has 126 valence electrons. The summed E-state index contributed by atoms with van der Waals surface area (Å²) in [5.41, 5.74) is 1.02. The zero-order chi connectivity index (χ0) is 16.9. The highest BCUT2D eigenvalue weighted by Gasteiger charge is 2.41. The van der Waals surface area contributed by atoms with E-state index in [1.165, 1.54) is 11.3 Å². The molecule has 0 aromatic heterocycles. The van der Waals surface area contributed by atoms with Crippen LogP contribution >= 0.6 is 0 Å². The first kappa shape index (κ1) is 17.7. The van der Waals surface area contributed by atoms with Gasteiger partial charge in [-0.1, -0.05) is 63.4 Å². The van der Waals surface area contributed by atoms with E-state index in [9.17, 15) is 9.59 Å². The Labute approximate surface area is 140 Å². The van der Waals surface area contributed by atoms with Gasteiger partial charge >= 0.3 is 0 Å². The van der Waals surface area contributed by atoms with Crippen LogP contribution in [-0.4, -0.2) is 22.8 Å². The molecular weight excluding hydrogens is 286 g/mol. The van der Waals surface area contributed by atoms with E-state index in [-0.39, 0.29) is 23.3 Å². The Balaban J connectivity index is 1.99. The average molecular weight is 315 g/mol. The molecule has 1 saturated heterocycles. The minimum Gasteiger partial charge on any atom is -0.279 e. The normalized spacial score (nSPS) is 19.0. The fourth-order valence-electron chi connectivity index (χ4n) is 3.62. The molecule has 0 aliphatic carbocycles. The Morgan fingerprint density at radius 1 is 1.09 bits per heavy atom. The lowest BCUT2D eigenvalue weighted by atomic mass is 9.75. The van der Waals surface area contributed by atoms with Crippen molar-refractivity contribution in [2.45, 2.75) is 71.8 Å².